The molecule has 0 aliphatic heterocycles. The van der Waals surface area contributed by atoms with Crippen LogP contribution in [0.2, 0.25) is 5.02 Å². The van der Waals surface area contributed by atoms with Crippen molar-refractivity contribution in [3.63, 3.8) is 0 Å². The quantitative estimate of drug-likeness (QED) is 0.876. The molecule has 1 atom stereocenters. The highest BCUT2D eigenvalue weighted by atomic mass is 35.5. The minimum absolute atomic E-state index is 0.141. The second-order valence-electron chi connectivity index (χ2n) is 4.63. The Kier molecular flexibility index (Phi) is 5.59. The molecule has 1 aromatic heterocycles. The number of thiazole rings is 1. The second-order valence-corrected chi connectivity index (χ2v) is 5.98. The number of ether oxygens (including phenoxy) is 1. The number of carbonyl (C=O) groups is 1. The third kappa shape index (κ3) is 4.44. The lowest BCUT2D eigenvalue weighted by Crippen LogP contribution is -2.32. The third-order valence-corrected chi connectivity index (χ3v) is 4.10. The van der Waals surface area contributed by atoms with Crippen LogP contribution < -0.4 is 10.1 Å². The topological polar surface area (TPSA) is 51.2 Å². The van der Waals surface area contributed by atoms with E-state index in [9.17, 15) is 4.79 Å². The molecule has 1 N–H and O–H groups in total. The SMILES string of the molecule is CC[C@@H](C)NC(=O)c1csc(COc2ccccc2Cl)n1. The van der Waals surface area contributed by atoms with Crippen molar-refractivity contribution in [2.45, 2.75) is 32.9 Å². The van der Waals surface area contributed by atoms with E-state index in [-0.39, 0.29) is 11.9 Å². The Hall–Kier alpha value is -1.59. The zero-order valence-electron chi connectivity index (χ0n) is 11.9. The van der Waals surface area contributed by atoms with Gasteiger partial charge in [0.05, 0.1) is 5.02 Å². The highest BCUT2D eigenvalue weighted by Gasteiger charge is 2.13. The van der Waals surface area contributed by atoms with E-state index < -0.39 is 0 Å². The summed E-state index contributed by atoms with van der Waals surface area (Å²) in [6.07, 6.45) is 0.887. The van der Waals surface area contributed by atoms with Crippen molar-refractivity contribution in [3.8, 4) is 5.75 Å². The smallest absolute Gasteiger partial charge is 0.270 e. The predicted molar refractivity (Wildman–Crippen MR) is 85.1 cm³/mol. The molecule has 0 unspecified atom stereocenters. The van der Waals surface area contributed by atoms with Crippen LogP contribution in [-0.4, -0.2) is 16.9 Å². The van der Waals surface area contributed by atoms with Crippen LogP contribution in [0.15, 0.2) is 29.6 Å². The van der Waals surface area contributed by atoms with Crippen LogP contribution in [0.3, 0.4) is 0 Å². The number of carbonyl (C=O) groups excluding carboxylic acids is 1. The number of hydrogen-bond acceptors (Lipinski definition) is 4. The van der Waals surface area contributed by atoms with Crippen LogP contribution >= 0.6 is 22.9 Å². The number of aromatic nitrogens is 1. The zero-order valence-corrected chi connectivity index (χ0v) is 13.5. The molecular formula is C15H17ClN2O2S. The standard InChI is InChI=1S/C15H17ClN2O2S/c1-3-10(2)17-15(19)12-9-21-14(18-12)8-20-13-7-5-4-6-11(13)16/h4-7,9-10H,3,8H2,1-2H3,(H,17,19)/t10-/m1/s1. The molecule has 6 heteroatoms. The average molecular weight is 325 g/mol. The van der Waals surface area contributed by atoms with Crippen molar-refractivity contribution in [2.75, 3.05) is 0 Å². The number of nitrogens with zero attached hydrogens (tertiary/aromatic N) is 1. The van der Waals surface area contributed by atoms with E-state index in [1.54, 1.807) is 17.5 Å². The molecule has 112 valence electrons. The summed E-state index contributed by atoms with van der Waals surface area (Å²) in [6, 6.07) is 7.40. The van der Waals surface area contributed by atoms with Gasteiger partial charge in [-0.05, 0) is 25.5 Å². The first kappa shape index (κ1) is 15.8. The highest BCUT2D eigenvalue weighted by Crippen LogP contribution is 2.24. The van der Waals surface area contributed by atoms with Crippen molar-refractivity contribution >= 4 is 28.8 Å². The molecule has 1 heterocycles. The molecule has 0 aliphatic rings. The lowest BCUT2D eigenvalue weighted by molar-refractivity contribution is 0.0934. The van der Waals surface area contributed by atoms with Crippen molar-refractivity contribution in [2.24, 2.45) is 0 Å². The van der Waals surface area contributed by atoms with Crippen LogP contribution in [0, 0.1) is 0 Å². The molecule has 1 aromatic carbocycles. The molecule has 0 radical (unpaired) electrons. The molecule has 0 aliphatic carbocycles. The van der Waals surface area contributed by atoms with Gasteiger partial charge in [-0.2, -0.15) is 0 Å². The maximum Gasteiger partial charge on any atom is 0.270 e. The first-order valence-corrected chi connectivity index (χ1v) is 7.98. The fourth-order valence-electron chi connectivity index (χ4n) is 1.58. The molecule has 21 heavy (non-hydrogen) atoms. The Bertz CT molecular complexity index is 615. The van der Waals surface area contributed by atoms with Crippen molar-refractivity contribution in [3.05, 3.63) is 45.4 Å². The Morgan fingerprint density at radius 3 is 2.95 bits per heavy atom. The van der Waals surface area contributed by atoms with E-state index in [4.69, 9.17) is 16.3 Å². The van der Waals surface area contributed by atoms with E-state index >= 15 is 0 Å². The molecular weight excluding hydrogens is 308 g/mol. The normalized spacial score (nSPS) is 12.0. The molecule has 4 nitrogen and oxygen atoms in total. The first-order chi connectivity index (χ1) is 10.1. The Balaban J connectivity index is 1.94. The van der Waals surface area contributed by atoms with E-state index in [0.29, 0.717) is 23.1 Å². The molecule has 0 fully saturated rings. The average Bonchev–Trinajstić information content (AvgIpc) is 2.95. The summed E-state index contributed by atoms with van der Waals surface area (Å²) in [7, 11) is 0. The number of halogens is 1. The van der Waals surface area contributed by atoms with Gasteiger partial charge in [0, 0.05) is 11.4 Å². The number of para-hydroxylation sites is 1. The lowest BCUT2D eigenvalue weighted by atomic mass is 10.2. The first-order valence-electron chi connectivity index (χ1n) is 6.72. The van der Waals surface area contributed by atoms with Gasteiger partial charge in [-0.3, -0.25) is 4.79 Å². The summed E-state index contributed by atoms with van der Waals surface area (Å²) in [6.45, 7) is 4.28. The van der Waals surface area contributed by atoms with Gasteiger partial charge in [-0.15, -0.1) is 11.3 Å². The zero-order chi connectivity index (χ0) is 15.2. The van der Waals surface area contributed by atoms with Crippen LogP contribution in [0.1, 0.15) is 35.8 Å². The van der Waals surface area contributed by atoms with E-state index in [1.807, 2.05) is 26.0 Å². The maximum absolute atomic E-state index is 11.9. The number of benzene rings is 1. The van der Waals surface area contributed by atoms with Crippen LogP contribution in [0.5, 0.6) is 5.75 Å². The molecule has 0 saturated carbocycles. The summed E-state index contributed by atoms with van der Waals surface area (Å²) in [4.78, 5) is 16.2. The van der Waals surface area contributed by atoms with Gasteiger partial charge < -0.3 is 10.1 Å². The van der Waals surface area contributed by atoms with E-state index in [1.165, 1.54) is 11.3 Å². The van der Waals surface area contributed by atoms with Crippen molar-refractivity contribution < 1.29 is 9.53 Å². The fourth-order valence-corrected chi connectivity index (χ4v) is 2.46. The van der Waals surface area contributed by atoms with Gasteiger partial charge in [-0.1, -0.05) is 30.7 Å². The van der Waals surface area contributed by atoms with Gasteiger partial charge in [0.15, 0.2) is 0 Å². The van der Waals surface area contributed by atoms with Gasteiger partial charge in [0.25, 0.3) is 5.91 Å². The molecule has 0 bridgehead atoms. The third-order valence-electron chi connectivity index (χ3n) is 2.96. The minimum atomic E-state index is -0.149. The molecule has 2 rings (SSSR count). The molecule has 0 spiro atoms. The van der Waals surface area contributed by atoms with E-state index in [0.717, 1.165) is 11.4 Å². The summed E-state index contributed by atoms with van der Waals surface area (Å²) < 4.78 is 5.60. The molecule has 1 amide bonds. The number of amides is 1. The maximum atomic E-state index is 11.9. The van der Waals surface area contributed by atoms with Gasteiger partial charge in [0.2, 0.25) is 0 Å². The molecule has 0 saturated heterocycles. The minimum Gasteiger partial charge on any atom is -0.485 e. The summed E-state index contributed by atoms with van der Waals surface area (Å²) in [5.74, 6) is 0.463. The van der Waals surface area contributed by atoms with Crippen molar-refractivity contribution in [1.82, 2.24) is 10.3 Å². The number of nitrogens with one attached hydrogen (secondary N) is 1. The monoisotopic (exact) mass is 324 g/mol. The lowest BCUT2D eigenvalue weighted by Gasteiger charge is -2.09. The van der Waals surface area contributed by atoms with Gasteiger partial charge in [-0.25, -0.2) is 4.98 Å². The van der Waals surface area contributed by atoms with Gasteiger partial charge >= 0.3 is 0 Å². The van der Waals surface area contributed by atoms with E-state index in [2.05, 4.69) is 10.3 Å². The Morgan fingerprint density at radius 2 is 2.24 bits per heavy atom. The number of rotatable bonds is 6. The number of hydrogen-bond donors (Lipinski definition) is 1. The largest absolute Gasteiger partial charge is 0.485 e. The summed E-state index contributed by atoms with van der Waals surface area (Å²) in [5.41, 5.74) is 0.429. The molecule has 2 aromatic rings. The predicted octanol–water partition coefficient (Wildman–Crippen LogP) is 3.90. The fraction of sp³-hybridized carbons (Fsp3) is 0.333. The Labute approximate surface area is 133 Å². The summed E-state index contributed by atoms with van der Waals surface area (Å²) in [5, 5.41) is 5.92. The van der Waals surface area contributed by atoms with Gasteiger partial charge in [0.1, 0.15) is 23.1 Å². The highest BCUT2D eigenvalue weighted by molar-refractivity contribution is 7.09. The van der Waals surface area contributed by atoms with Crippen LogP contribution in [0.25, 0.3) is 0 Å². The van der Waals surface area contributed by atoms with Crippen molar-refractivity contribution in [1.29, 1.82) is 0 Å². The summed E-state index contributed by atoms with van der Waals surface area (Å²) >= 11 is 7.41. The Morgan fingerprint density at radius 1 is 1.48 bits per heavy atom. The van der Waals surface area contributed by atoms with Crippen LogP contribution in [-0.2, 0) is 6.61 Å². The van der Waals surface area contributed by atoms with Crippen LogP contribution in [0.4, 0.5) is 0 Å². The second kappa shape index (κ2) is 7.43.